The van der Waals surface area contributed by atoms with E-state index >= 15 is 0 Å². The number of rotatable bonds is 7. The van der Waals surface area contributed by atoms with Crippen molar-refractivity contribution in [2.45, 2.75) is 58.5 Å². The Kier molecular flexibility index (Phi) is 4.79. The van der Waals surface area contributed by atoms with Crippen molar-refractivity contribution in [1.82, 2.24) is 0 Å². The normalized spacial score (nSPS) is 32.1. The maximum atomic E-state index is 5.48. The van der Waals surface area contributed by atoms with Gasteiger partial charge in [-0.05, 0) is 24.7 Å². The van der Waals surface area contributed by atoms with Gasteiger partial charge in [0.1, 0.15) is 0 Å². The van der Waals surface area contributed by atoms with Crippen LogP contribution in [0.3, 0.4) is 0 Å². The van der Waals surface area contributed by atoms with E-state index in [1.54, 1.807) is 0 Å². The van der Waals surface area contributed by atoms with E-state index in [2.05, 4.69) is 13.8 Å². The Morgan fingerprint density at radius 2 is 1.38 bits per heavy atom. The first-order valence-electron chi connectivity index (χ1n) is 5.87. The van der Waals surface area contributed by atoms with Gasteiger partial charge in [-0.15, -0.1) is 0 Å². The van der Waals surface area contributed by atoms with Crippen LogP contribution in [0.25, 0.3) is 0 Å². The summed E-state index contributed by atoms with van der Waals surface area (Å²) in [5, 5.41) is 0. The van der Waals surface area contributed by atoms with Crippen LogP contribution in [0.15, 0.2) is 0 Å². The van der Waals surface area contributed by atoms with Crippen LogP contribution in [0.1, 0.15) is 52.4 Å². The summed E-state index contributed by atoms with van der Waals surface area (Å²) in [5.41, 5.74) is 0. The van der Waals surface area contributed by atoms with E-state index in [9.17, 15) is 0 Å². The average molecular weight is 184 g/mol. The van der Waals surface area contributed by atoms with Gasteiger partial charge in [0.2, 0.25) is 0 Å². The molecule has 1 heteroatoms. The minimum absolute atomic E-state index is 0.609. The summed E-state index contributed by atoms with van der Waals surface area (Å²) in [5.74, 6) is 1.80. The van der Waals surface area contributed by atoms with Gasteiger partial charge in [0.25, 0.3) is 0 Å². The zero-order valence-corrected chi connectivity index (χ0v) is 9.38. The standard InChI is InChI=1S/C12H24O/c1-4-6-8-10-11(9-7-5-2)12(10)13-3/h10-12H,4-9H2,1-3H3/t10-,11-/m1/s1. The third-order valence-corrected chi connectivity index (χ3v) is 3.31. The fraction of sp³-hybridized carbons (Fsp3) is 1.00. The van der Waals surface area contributed by atoms with Crippen LogP contribution >= 0.6 is 0 Å². The second-order valence-electron chi connectivity index (χ2n) is 4.31. The molecule has 0 unspecified atom stereocenters. The van der Waals surface area contributed by atoms with Crippen LogP contribution < -0.4 is 0 Å². The maximum Gasteiger partial charge on any atom is 0.0634 e. The lowest BCUT2D eigenvalue weighted by Crippen LogP contribution is -1.91. The van der Waals surface area contributed by atoms with E-state index in [4.69, 9.17) is 4.74 Å². The summed E-state index contributed by atoms with van der Waals surface area (Å²) in [4.78, 5) is 0. The Morgan fingerprint density at radius 3 is 1.69 bits per heavy atom. The van der Waals surface area contributed by atoms with E-state index in [1.165, 1.54) is 38.5 Å². The van der Waals surface area contributed by atoms with Crippen molar-refractivity contribution < 1.29 is 4.74 Å². The Bertz CT molecular complexity index is 119. The Hall–Kier alpha value is -0.0400. The largest absolute Gasteiger partial charge is 0.381 e. The highest BCUT2D eigenvalue weighted by Gasteiger charge is 2.48. The van der Waals surface area contributed by atoms with Crippen molar-refractivity contribution in [2.24, 2.45) is 11.8 Å². The molecule has 0 spiro atoms. The molecule has 13 heavy (non-hydrogen) atoms. The van der Waals surface area contributed by atoms with Gasteiger partial charge >= 0.3 is 0 Å². The molecular weight excluding hydrogens is 160 g/mol. The number of hydrogen-bond donors (Lipinski definition) is 0. The molecule has 0 aliphatic heterocycles. The molecule has 2 atom stereocenters. The van der Waals surface area contributed by atoms with Crippen molar-refractivity contribution in [3.8, 4) is 0 Å². The maximum absolute atomic E-state index is 5.48. The van der Waals surface area contributed by atoms with Crippen molar-refractivity contribution in [2.75, 3.05) is 7.11 Å². The van der Waals surface area contributed by atoms with Gasteiger partial charge in [0.15, 0.2) is 0 Å². The summed E-state index contributed by atoms with van der Waals surface area (Å²) in [6.07, 6.45) is 8.81. The summed E-state index contributed by atoms with van der Waals surface area (Å²) in [6.45, 7) is 4.54. The Balaban J connectivity index is 2.15. The first-order valence-corrected chi connectivity index (χ1v) is 5.87. The molecule has 0 aromatic rings. The molecule has 0 saturated heterocycles. The minimum atomic E-state index is 0.609. The van der Waals surface area contributed by atoms with E-state index in [0.717, 1.165) is 11.8 Å². The molecule has 1 rings (SSSR count). The molecule has 0 bridgehead atoms. The third-order valence-electron chi connectivity index (χ3n) is 3.31. The molecule has 78 valence electrons. The smallest absolute Gasteiger partial charge is 0.0634 e. The number of ether oxygens (including phenoxy) is 1. The summed E-state index contributed by atoms with van der Waals surface area (Å²) >= 11 is 0. The van der Waals surface area contributed by atoms with Gasteiger partial charge in [-0.2, -0.15) is 0 Å². The van der Waals surface area contributed by atoms with Crippen LogP contribution in [0.4, 0.5) is 0 Å². The van der Waals surface area contributed by atoms with Gasteiger partial charge in [0, 0.05) is 7.11 Å². The first kappa shape index (κ1) is 11.0. The Labute approximate surface area is 82.9 Å². The molecule has 0 aromatic heterocycles. The van der Waals surface area contributed by atoms with Gasteiger partial charge < -0.3 is 4.74 Å². The highest BCUT2D eigenvalue weighted by atomic mass is 16.5. The highest BCUT2D eigenvalue weighted by molar-refractivity contribution is 4.97. The molecule has 1 aliphatic carbocycles. The summed E-state index contributed by atoms with van der Waals surface area (Å²) < 4.78 is 5.48. The predicted molar refractivity (Wildman–Crippen MR) is 56.8 cm³/mol. The SMILES string of the molecule is CCCC[C@H]1C(OC)[C@@H]1CCCC. The van der Waals surface area contributed by atoms with Crippen LogP contribution in [-0.2, 0) is 4.74 Å². The molecule has 1 nitrogen and oxygen atoms in total. The minimum Gasteiger partial charge on any atom is -0.381 e. The molecule has 1 aliphatic rings. The lowest BCUT2D eigenvalue weighted by Gasteiger charge is -1.96. The lowest BCUT2D eigenvalue weighted by atomic mass is 10.1. The van der Waals surface area contributed by atoms with E-state index in [0.29, 0.717) is 6.10 Å². The zero-order chi connectivity index (χ0) is 9.68. The molecule has 0 amide bonds. The van der Waals surface area contributed by atoms with Crippen molar-refractivity contribution in [3.63, 3.8) is 0 Å². The quantitative estimate of drug-likeness (QED) is 0.587. The first-order chi connectivity index (χ1) is 6.35. The lowest BCUT2D eigenvalue weighted by molar-refractivity contribution is 0.157. The third kappa shape index (κ3) is 2.98. The molecule has 1 saturated carbocycles. The molecule has 0 N–H and O–H groups in total. The van der Waals surface area contributed by atoms with Gasteiger partial charge in [-0.3, -0.25) is 0 Å². The second kappa shape index (κ2) is 5.64. The summed E-state index contributed by atoms with van der Waals surface area (Å²) in [6, 6.07) is 0. The molecular formula is C12H24O. The van der Waals surface area contributed by atoms with Gasteiger partial charge in [-0.25, -0.2) is 0 Å². The van der Waals surface area contributed by atoms with E-state index in [1.807, 2.05) is 7.11 Å². The van der Waals surface area contributed by atoms with Crippen molar-refractivity contribution in [1.29, 1.82) is 0 Å². The fourth-order valence-electron chi connectivity index (χ4n) is 2.40. The topological polar surface area (TPSA) is 9.23 Å². The monoisotopic (exact) mass is 184 g/mol. The predicted octanol–water partition coefficient (Wildman–Crippen LogP) is 3.63. The van der Waals surface area contributed by atoms with Crippen molar-refractivity contribution in [3.05, 3.63) is 0 Å². The number of methoxy groups -OCH3 is 1. The van der Waals surface area contributed by atoms with Crippen LogP contribution in [-0.4, -0.2) is 13.2 Å². The molecule has 1 fully saturated rings. The molecule has 0 heterocycles. The average Bonchev–Trinajstić information content (AvgIpc) is 2.84. The Morgan fingerprint density at radius 1 is 0.923 bits per heavy atom. The number of hydrogen-bond acceptors (Lipinski definition) is 1. The summed E-state index contributed by atoms with van der Waals surface area (Å²) in [7, 11) is 1.87. The fourth-order valence-corrected chi connectivity index (χ4v) is 2.40. The van der Waals surface area contributed by atoms with E-state index < -0.39 is 0 Å². The highest BCUT2D eigenvalue weighted by Crippen LogP contribution is 2.47. The molecule has 0 aromatic carbocycles. The number of unbranched alkanes of at least 4 members (excludes halogenated alkanes) is 2. The van der Waals surface area contributed by atoms with Crippen LogP contribution in [0.2, 0.25) is 0 Å². The molecule has 0 radical (unpaired) electrons. The van der Waals surface area contributed by atoms with E-state index in [-0.39, 0.29) is 0 Å². The van der Waals surface area contributed by atoms with Crippen molar-refractivity contribution >= 4 is 0 Å². The van der Waals surface area contributed by atoms with Gasteiger partial charge in [0.05, 0.1) is 6.10 Å². The second-order valence-corrected chi connectivity index (χ2v) is 4.31. The van der Waals surface area contributed by atoms with Gasteiger partial charge in [-0.1, -0.05) is 39.5 Å². The van der Waals surface area contributed by atoms with Crippen LogP contribution in [0.5, 0.6) is 0 Å². The zero-order valence-electron chi connectivity index (χ0n) is 9.38. The van der Waals surface area contributed by atoms with Crippen LogP contribution in [0, 0.1) is 11.8 Å².